The van der Waals surface area contributed by atoms with E-state index in [2.05, 4.69) is 19.6 Å². The van der Waals surface area contributed by atoms with Crippen LogP contribution in [0, 0.1) is 0 Å². The molecule has 0 aromatic heterocycles. The Morgan fingerprint density at radius 3 is 2.18 bits per heavy atom. The number of hydrogen-bond acceptors (Lipinski definition) is 2. The smallest absolute Gasteiger partial charge is 0.154 e. The lowest BCUT2D eigenvalue weighted by Crippen LogP contribution is -2.23. The van der Waals surface area contributed by atoms with Gasteiger partial charge in [0.1, 0.15) is 0 Å². The molecule has 0 aliphatic carbocycles. The van der Waals surface area contributed by atoms with Crippen LogP contribution in [-0.2, 0) is 9.47 Å². The van der Waals surface area contributed by atoms with Gasteiger partial charge in [-0.25, -0.2) is 0 Å². The zero-order chi connectivity index (χ0) is 8.91. The van der Waals surface area contributed by atoms with Gasteiger partial charge in [0.2, 0.25) is 0 Å². The summed E-state index contributed by atoms with van der Waals surface area (Å²) in [6.07, 6.45) is -0.0497. The quantitative estimate of drug-likeness (QED) is 0.473. The molecule has 0 aliphatic heterocycles. The third-order valence-corrected chi connectivity index (χ3v) is 3.24. The van der Waals surface area contributed by atoms with E-state index >= 15 is 0 Å². The van der Waals surface area contributed by atoms with Gasteiger partial charge in [0.05, 0.1) is 0 Å². The van der Waals surface area contributed by atoms with Crippen molar-refractivity contribution in [3.63, 3.8) is 0 Å². The lowest BCUT2D eigenvalue weighted by atomic mass is 10.7. The summed E-state index contributed by atoms with van der Waals surface area (Å²) in [6.45, 7) is 9.78. The fraction of sp³-hybridized carbons (Fsp3) is 1.00. The lowest BCUT2D eigenvalue weighted by molar-refractivity contribution is -0.106. The van der Waals surface area contributed by atoms with E-state index in [0.29, 0.717) is 0 Å². The molecule has 0 aromatic rings. The number of ether oxygens (including phenoxy) is 2. The van der Waals surface area contributed by atoms with Crippen molar-refractivity contribution >= 4 is 8.07 Å². The normalized spacial score (nSPS) is 15.0. The Hall–Kier alpha value is 0.137. The maximum absolute atomic E-state index is 5.38. The first-order valence-corrected chi connectivity index (χ1v) is 7.81. The Kier molecular flexibility index (Phi) is 4.96. The number of methoxy groups -OCH3 is 1. The molecular formula is C8H20O2Si. The van der Waals surface area contributed by atoms with Crippen LogP contribution in [0.25, 0.3) is 0 Å². The lowest BCUT2D eigenvalue weighted by Gasteiger charge is -2.17. The molecule has 3 heteroatoms. The van der Waals surface area contributed by atoms with E-state index in [4.69, 9.17) is 9.47 Å². The Morgan fingerprint density at radius 2 is 1.82 bits per heavy atom. The summed E-state index contributed by atoms with van der Waals surface area (Å²) in [5.74, 6) is 0. The molecule has 0 spiro atoms. The Labute approximate surface area is 70.9 Å². The molecule has 0 rings (SSSR count). The average Bonchev–Trinajstić information content (AvgIpc) is 1.85. The summed E-state index contributed by atoms with van der Waals surface area (Å²) in [7, 11) is 0.748. The summed E-state index contributed by atoms with van der Waals surface area (Å²) in [6, 6.07) is 1.21. The van der Waals surface area contributed by atoms with Crippen molar-refractivity contribution < 1.29 is 9.47 Å². The highest BCUT2D eigenvalue weighted by Crippen LogP contribution is 2.08. The fourth-order valence-electron chi connectivity index (χ4n) is 0.599. The molecule has 0 heterocycles. The van der Waals surface area contributed by atoms with Crippen molar-refractivity contribution in [1.82, 2.24) is 0 Å². The summed E-state index contributed by atoms with van der Waals surface area (Å²) in [5, 5.41) is 0. The minimum Gasteiger partial charge on any atom is -0.356 e. The second-order valence-electron chi connectivity index (χ2n) is 3.98. The van der Waals surface area contributed by atoms with Gasteiger partial charge in [0, 0.05) is 21.8 Å². The summed E-state index contributed by atoms with van der Waals surface area (Å²) in [4.78, 5) is 0. The van der Waals surface area contributed by atoms with Gasteiger partial charge in [-0.1, -0.05) is 19.6 Å². The molecule has 11 heavy (non-hydrogen) atoms. The van der Waals surface area contributed by atoms with Crippen LogP contribution in [0.5, 0.6) is 0 Å². The highest BCUT2D eigenvalue weighted by atomic mass is 28.3. The SMILES string of the molecule is COC(C)OCC[Si](C)(C)C. The minimum atomic E-state index is -0.917. The molecule has 1 unspecified atom stereocenters. The number of hydrogen-bond donors (Lipinski definition) is 0. The van der Waals surface area contributed by atoms with E-state index in [1.165, 1.54) is 6.04 Å². The van der Waals surface area contributed by atoms with Crippen molar-refractivity contribution in [2.75, 3.05) is 13.7 Å². The summed E-state index contributed by atoms with van der Waals surface area (Å²) >= 11 is 0. The second kappa shape index (κ2) is 4.90. The molecule has 0 amide bonds. The van der Waals surface area contributed by atoms with Crippen molar-refractivity contribution in [3.05, 3.63) is 0 Å². The van der Waals surface area contributed by atoms with Crippen LogP contribution in [0.15, 0.2) is 0 Å². The highest BCUT2D eigenvalue weighted by molar-refractivity contribution is 6.76. The molecule has 0 radical (unpaired) electrons. The molecule has 1 atom stereocenters. The van der Waals surface area contributed by atoms with Crippen LogP contribution in [0.3, 0.4) is 0 Å². The van der Waals surface area contributed by atoms with Crippen LogP contribution in [0.4, 0.5) is 0 Å². The standard InChI is InChI=1S/C8H20O2Si/c1-8(9-2)10-6-7-11(3,4)5/h8H,6-7H2,1-5H3. The van der Waals surface area contributed by atoms with Crippen LogP contribution in [0.2, 0.25) is 25.7 Å². The fourth-order valence-corrected chi connectivity index (χ4v) is 1.33. The van der Waals surface area contributed by atoms with E-state index in [9.17, 15) is 0 Å². The predicted molar refractivity (Wildman–Crippen MR) is 50.6 cm³/mol. The van der Waals surface area contributed by atoms with Gasteiger partial charge >= 0.3 is 0 Å². The third kappa shape index (κ3) is 8.04. The van der Waals surface area contributed by atoms with Gasteiger partial charge < -0.3 is 9.47 Å². The van der Waals surface area contributed by atoms with Gasteiger partial charge in [-0.15, -0.1) is 0 Å². The molecule has 68 valence electrons. The second-order valence-corrected chi connectivity index (χ2v) is 9.61. The van der Waals surface area contributed by atoms with E-state index in [1.54, 1.807) is 7.11 Å². The molecule has 0 bridgehead atoms. The van der Waals surface area contributed by atoms with E-state index in [-0.39, 0.29) is 6.29 Å². The minimum absolute atomic E-state index is 0.0497. The van der Waals surface area contributed by atoms with Crippen LogP contribution >= 0.6 is 0 Å². The van der Waals surface area contributed by atoms with Gasteiger partial charge in [-0.05, 0) is 13.0 Å². The zero-order valence-electron chi connectivity index (χ0n) is 8.31. The Bertz CT molecular complexity index is 98.8. The molecule has 0 N–H and O–H groups in total. The van der Waals surface area contributed by atoms with E-state index < -0.39 is 8.07 Å². The highest BCUT2D eigenvalue weighted by Gasteiger charge is 2.12. The molecule has 0 saturated carbocycles. The first-order valence-electron chi connectivity index (χ1n) is 4.10. The van der Waals surface area contributed by atoms with Crippen molar-refractivity contribution in [2.24, 2.45) is 0 Å². The average molecular weight is 176 g/mol. The zero-order valence-corrected chi connectivity index (χ0v) is 9.31. The maximum Gasteiger partial charge on any atom is 0.154 e. The van der Waals surface area contributed by atoms with Gasteiger partial charge in [0.25, 0.3) is 0 Å². The topological polar surface area (TPSA) is 18.5 Å². The van der Waals surface area contributed by atoms with Gasteiger partial charge in [-0.3, -0.25) is 0 Å². The van der Waals surface area contributed by atoms with Crippen molar-refractivity contribution in [2.45, 2.75) is 38.9 Å². The molecule has 0 saturated heterocycles. The van der Waals surface area contributed by atoms with E-state index in [0.717, 1.165) is 6.61 Å². The predicted octanol–water partition coefficient (Wildman–Crippen LogP) is 2.33. The first kappa shape index (κ1) is 11.1. The number of rotatable bonds is 5. The van der Waals surface area contributed by atoms with Crippen LogP contribution in [-0.4, -0.2) is 28.1 Å². The molecule has 2 nitrogen and oxygen atoms in total. The van der Waals surface area contributed by atoms with Crippen molar-refractivity contribution in [3.8, 4) is 0 Å². The Morgan fingerprint density at radius 1 is 1.27 bits per heavy atom. The third-order valence-electron chi connectivity index (χ3n) is 1.54. The van der Waals surface area contributed by atoms with Crippen LogP contribution < -0.4 is 0 Å². The first-order chi connectivity index (χ1) is 4.95. The molecule has 0 aliphatic rings. The van der Waals surface area contributed by atoms with Gasteiger partial charge in [0.15, 0.2) is 6.29 Å². The Balaban J connectivity index is 3.28. The molecule has 0 aromatic carbocycles. The van der Waals surface area contributed by atoms with Crippen molar-refractivity contribution in [1.29, 1.82) is 0 Å². The summed E-state index contributed by atoms with van der Waals surface area (Å²) in [5.41, 5.74) is 0. The monoisotopic (exact) mass is 176 g/mol. The maximum atomic E-state index is 5.38. The van der Waals surface area contributed by atoms with E-state index in [1.807, 2.05) is 6.92 Å². The molecular weight excluding hydrogens is 156 g/mol. The summed E-state index contributed by atoms with van der Waals surface area (Å²) < 4.78 is 10.3. The molecule has 0 fully saturated rings. The largest absolute Gasteiger partial charge is 0.356 e. The van der Waals surface area contributed by atoms with Crippen LogP contribution in [0.1, 0.15) is 6.92 Å². The van der Waals surface area contributed by atoms with Gasteiger partial charge in [-0.2, -0.15) is 0 Å².